The van der Waals surface area contributed by atoms with Crippen LogP contribution >= 0.6 is 0 Å². The number of rotatable bonds is 5. The minimum Gasteiger partial charge on any atom is -0.380 e. The maximum atomic E-state index is 12.8. The summed E-state index contributed by atoms with van der Waals surface area (Å²) < 4.78 is 5.37. The molecular weight excluding hydrogens is 268 g/mol. The second-order valence-corrected chi connectivity index (χ2v) is 6.60. The summed E-state index contributed by atoms with van der Waals surface area (Å²) in [5.74, 6) is 0.307. The van der Waals surface area contributed by atoms with Crippen molar-refractivity contribution < 1.29 is 14.3 Å². The van der Waals surface area contributed by atoms with Gasteiger partial charge >= 0.3 is 0 Å². The van der Waals surface area contributed by atoms with Crippen molar-refractivity contribution in [3.8, 4) is 0 Å². The summed E-state index contributed by atoms with van der Waals surface area (Å²) in [7, 11) is 0. The number of carbonyl (C=O) groups excluding carboxylic acids is 2. The first-order valence-electron chi connectivity index (χ1n) is 8.18. The number of hydrogen-bond acceptors (Lipinski definition) is 3. The van der Waals surface area contributed by atoms with Crippen molar-refractivity contribution in [2.75, 3.05) is 19.8 Å². The lowest BCUT2D eigenvalue weighted by molar-refractivity contribution is -0.158. The summed E-state index contributed by atoms with van der Waals surface area (Å²) in [5, 5.41) is 2.98. The molecule has 1 atom stereocenters. The van der Waals surface area contributed by atoms with Gasteiger partial charge in [-0.15, -0.1) is 0 Å². The highest BCUT2D eigenvalue weighted by Gasteiger charge is 2.48. The molecule has 0 spiro atoms. The van der Waals surface area contributed by atoms with Gasteiger partial charge in [-0.05, 0) is 39.5 Å². The summed E-state index contributed by atoms with van der Waals surface area (Å²) in [5.41, 5.74) is -0.792. The zero-order chi connectivity index (χ0) is 15.5. The Hall–Kier alpha value is -1.10. The number of amides is 2. The molecule has 2 fully saturated rings. The fourth-order valence-corrected chi connectivity index (χ4v) is 3.42. The summed E-state index contributed by atoms with van der Waals surface area (Å²) in [4.78, 5) is 27.0. The molecule has 120 valence electrons. The molecule has 1 aliphatic heterocycles. The third-order valence-electron chi connectivity index (χ3n) is 4.83. The van der Waals surface area contributed by atoms with Crippen LogP contribution in [0.2, 0.25) is 0 Å². The van der Waals surface area contributed by atoms with E-state index in [1.807, 2.05) is 20.8 Å². The molecule has 1 saturated heterocycles. The van der Waals surface area contributed by atoms with E-state index in [1.54, 1.807) is 4.90 Å². The molecule has 1 aliphatic carbocycles. The Labute approximate surface area is 127 Å². The molecule has 2 aliphatic rings. The Morgan fingerprint density at radius 3 is 2.52 bits per heavy atom. The highest BCUT2D eigenvalue weighted by molar-refractivity contribution is 5.99. The molecule has 21 heavy (non-hydrogen) atoms. The second kappa shape index (κ2) is 6.77. The molecule has 2 rings (SSSR count). The molecule has 1 N–H and O–H groups in total. The standard InChI is InChI=1S/C16H28N2O3/c1-4-21-11-10-18-14(19)13(12-8-6-5-7-9-12)17-15(20)16(18,2)3/h12-13H,4-11H2,1-3H3,(H,17,20). The lowest BCUT2D eigenvalue weighted by atomic mass is 9.81. The van der Waals surface area contributed by atoms with Gasteiger partial charge in [-0.2, -0.15) is 0 Å². The third kappa shape index (κ3) is 3.39. The van der Waals surface area contributed by atoms with Gasteiger partial charge in [0.1, 0.15) is 11.6 Å². The first-order chi connectivity index (χ1) is 9.98. The first-order valence-corrected chi connectivity index (χ1v) is 8.18. The van der Waals surface area contributed by atoms with E-state index in [1.165, 1.54) is 6.42 Å². The fourth-order valence-electron chi connectivity index (χ4n) is 3.42. The van der Waals surface area contributed by atoms with Gasteiger partial charge in [0.2, 0.25) is 11.8 Å². The average Bonchev–Trinajstić information content (AvgIpc) is 2.47. The van der Waals surface area contributed by atoms with Crippen LogP contribution in [0.1, 0.15) is 52.9 Å². The van der Waals surface area contributed by atoms with E-state index in [9.17, 15) is 9.59 Å². The van der Waals surface area contributed by atoms with Crippen LogP contribution < -0.4 is 5.32 Å². The molecule has 2 amide bonds. The molecule has 0 radical (unpaired) electrons. The first kappa shape index (κ1) is 16.3. The van der Waals surface area contributed by atoms with E-state index in [0.717, 1.165) is 25.7 Å². The smallest absolute Gasteiger partial charge is 0.246 e. The normalized spacial score (nSPS) is 26.8. The van der Waals surface area contributed by atoms with Gasteiger partial charge in [0, 0.05) is 13.2 Å². The van der Waals surface area contributed by atoms with Crippen molar-refractivity contribution in [3.63, 3.8) is 0 Å². The summed E-state index contributed by atoms with van der Waals surface area (Å²) in [6, 6.07) is -0.340. The van der Waals surface area contributed by atoms with Gasteiger partial charge in [-0.3, -0.25) is 9.59 Å². The minimum atomic E-state index is -0.792. The summed E-state index contributed by atoms with van der Waals surface area (Å²) in [6.45, 7) is 7.14. The molecule has 5 heteroatoms. The highest BCUT2D eigenvalue weighted by atomic mass is 16.5. The van der Waals surface area contributed by atoms with Crippen LogP contribution in [-0.2, 0) is 14.3 Å². The van der Waals surface area contributed by atoms with Gasteiger partial charge in [-0.25, -0.2) is 0 Å². The SMILES string of the molecule is CCOCCN1C(=O)C(C2CCCCC2)NC(=O)C1(C)C. The lowest BCUT2D eigenvalue weighted by Crippen LogP contribution is -2.70. The average molecular weight is 296 g/mol. The van der Waals surface area contributed by atoms with Crippen molar-refractivity contribution in [2.45, 2.75) is 64.5 Å². The van der Waals surface area contributed by atoms with Crippen molar-refractivity contribution in [1.82, 2.24) is 10.2 Å². The molecule has 0 aromatic carbocycles. The maximum absolute atomic E-state index is 12.8. The van der Waals surface area contributed by atoms with E-state index < -0.39 is 5.54 Å². The van der Waals surface area contributed by atoms with E-state index in [2.05, 4.69) is 5.32 Å². The van der Waals surface area contributed by atoms with Gasteiger partial charge in [-0.1, -0.05) is 19.3 Å². The predicted octanol–water partition coefficient (Wildman–Crippen LogP) is 1.71. The van der Waals surface area contributed by atoms with Gasteiger partial charge in [0.05, 0.1) is 6.61 Å². The summed E-state index contributed by atoms with van der Waals surface area (Å²) in [6.07, 6.45) is 5.64. The Kier molecular flexibility index (Phi) is 5.25. The number of hydrogen-bond donors (Lipinski definition) is 1. The third-order valence-corrected chi connectivity index (χ3v) is 4.83. The minimum absolute atomic E-state index is 0.0471. The van der Waals surface area contributed by atoms with Gasteiger partial charge in [0.15, 0.2) is 0 Å². The molecule has 0 bridgehead atoms. The van der Waals surface area contributed by atoms with Crippen molar-refractivity contribution >= 4 is 11.8 Å². The number of carbonyl (C=O) groups is 2. The van der Waals surface area contributed by atoms with E-state index >= 15 is 0 Å². The van der Waals surface area contributed by atoms with Crippen LogP contribution in [0.15, 0.2) is 0 Å². The van der Waals surface area contributed by atoms with Gasteiger partial charge < -0.3 is 15.0 Å². The second-order valence-electron chi connectivity index (χ2n) is 6.60. The van der Waals surface area contributed by atoms with E-state index in [0.29, 0.717) is 25.7 Å². The summed E-state index contributed by atoms with van der Waals surface area (Å²) >= 11 is 0. The highest BCUT2D eigenvalue weighted by Crippen LogP contribution is 2.31. The van der Waals surface area contributed by atoms with E-state index in [-0.39, 0.29) is 17.9 Å². The van der Waals surface area contributed by atoms with Crippen LogP contribution in [0, 0.1) is 5.92 Å². The Morgan fingerprint density at radius 2 is 1.90 bits per heavy atom. The topological polar surface area (TPSA) is 58.6 Å². The number of nitrogens with one attached hydrogen (secondary N) is 1. The fraction of sp³-hybridized carbons (Fsp3) is 0.875. The van der Waals surface area contributed by atoms with Crippen molar-refractivity contribution in [1.29, 1.82) is 0 Å². The quantitative estimate of drug-likeness (QED) is 0.786. The van der Waals surface area contributed by atoms with Crippen LogP contribution in [-0.4, -0.2) is 48.1 Å². The van der Waals surface area contributed by atoms with Crippen LogP contribution in [0.4, 0.5) is 0 Å². The molecule has 5 nitrogen and oxygen atoms in total. The van der Waals surface area contributed by atoms with E-state index in [4.69, 9.17) is 4.74 Å². The lowest BCUT2D eigenvalue weighted by Gasteiger charge is -2.46. The largest absolute Gasteiger partial charge is 0.380 e. The Balaban J connectivity index is 2.11. The molecule has 1 unspecified atom stereocenters. The molecule has 1 saturated carbocycles. The Bertz CT molecular complexity index is 389. The number of piperazine rings is 1. The van der Waals surface area contributed by atoms with Crippen molar-refractivity contribution in [2.24, 2.45) is 5.92 Å². The molecular formula is C16H28N2O3. The van der Waals surface area contributed by atoms with Gasteiger partial charge in [0.25, 0.3) is 0 Å². The molecule has 0 aromatic rings. The maximum Gasteiger partial charge on any atom is 0.246 e. The van der Waals surface area contributed by atoms with Crippen LogP contribution in [0.25, 0.3) is 0 Å². The molecule has 0 aromatic heterocycles. The van der Waals surface area contributed by atoms with Crippen molar-refractivity contribution in [3.05, 3.63) is 0 Å². The number of nitrogens with zero attached hydrogens (tertiary/aromatic N) is 1. The molecule has 1 heterocycles. The Morgan fingerprint density at radius 1 is 1.24 bits per heavy atom. The monoisotopic (exact) mass is 296 g/mol. The van der Waals surface area contributed by atoms with Crippen LogP contribution in [0.5, 0.6) is 0 Å². The zero-order valence-corrected chi connectivity index (χ0v) is 13.5. The predicted molar refractivity (Wildman–Crippen MR) is 80.8 cm³/mol. The number of ether oxygens (including phenoxy) is 1. The van der Waals surface area contributed by atoms with Crippen LogP contribution in [0.3, 0.4) is 0 Å². The zero-order valence-electron chi connectivity index (χ0n) is 13.5.